The Balaban J connectivity index is 1.31. The van der Waals surface area contributed by atoms with Crippen molar-refractivity contribution in [2.75, 3.05) is 18.4 Å². The van der Waals surface area contributed by atoms with E-state index in [-0.39, 0.29) is 12.1 Å². The van der Waals surface area contributed by atoms with Crippen molar-refractivity contribution in [1.29, 1.82) is 5.26 Å². The molecule has 1 saturated heterocycles. The summed E-state index contributed by atoms with van der Waals surface area (Å²) in [5.74, 6) is 1.05. The molecule has 1 aromatic carbocycles. The highest BCUT2D eigenvalue weighted by molar-refractivity contribution is 5.89. The number of carbonyl (C=O) groups excluding carboxylic acids is 1. The van der Waals surface area contributed by atoms with Gasteiger partial charge in [0.15, 0.2) is 5.82 Å². The number of aromatic nitrogens is 3. The number of rotatable bonds is 4. The molecule has 29 heavy (non-hydrogen) atoms. The zero-order chi connectivity index (χ0) is 20.1. The fourth-order valence-corrected chi connectivity index (χ4v) is 3.03. The number of benzene rings is 1. The predicted molar refractivity (Wildman–Crippen MR) is 106 cm³/mol. The van der Waals surface area contributed by atoms with Gasteiger partial charge in [-0.05, 0) is 6.07 Å². The van der Waals surface area contributed by atoms with Crippen molar-refractivity contribution in [3.05, 3.63) is 66.6 Å². The summed E-state index contributed by atoms with van der Waals surface area (Å²) < 4.78 is 5.80. The van der Waals surface area contributed by atoms with Crippen LogP contribution in [0.5, 0.6) is 5.88 Å². The van der Waals surface area contributed by atoms with Gasteiger partial charge in [0.25, 0.3) is 0 Å². The normalized spacial score (nSPS) is 15.6. The first-order valence-corrected chi connectivity index (χ1v) is 9.17. The predicted octanol–water partition coefficient (Wildman–Crippen LogP) is 3.10. The molecule has 1 aliphatic rings. The number of amides is 2. The topological polar surface area (TPSA) is 104 Å². The second kappa shape index (κ2) is 8.35. The van der Waals surface area contributed by atoms with Gasteiger partial charge < -0.3 is 15.0 Å². The van der Waals surface area contributed by atoms with Crippen LogP contribution in [-0.2, 0) is 0 Å². The van der Waals surface area contributed by atoms with E-state index in [1.54, 1.807) is 29.4 Å². The summed E-state index contributed by atoms with van der Waals surface area (Å²) in [5.41, 5.74) is 1.93. The van der Waals surface area contributed by atoms with E-state index in [0.29, 0.717) is 42.5 Å². The molecular weight excluding hydrogens is 368 g/mol. The van der Waals surface area contributed by atoms with Crippen LogP contribution in [0.4, 0.5) is 10.5 Å². The molecule has 4 rings (SSSR count). The number of hydrogen-bond acceptors (Lipinski definition) is 6. The molecule has 0 saturated carbocycles. The molecule has 0 bridgehead atoms. The van der Waals surface area contributed by atoms with Crippen molar-refractivity contribution < 1.29 is 9.53 Å². The highest BCUT2D eigenvalue weighted by Gasteiger charge is 2.28. The molecule has 0 radical (unpaired) electrons. The van der Waals surface area contributed by atoms with E-state index < -0.39 is 0 Å². The van der Waals surface area contributed by atoms with Gasteiger partial charge in [-0.15, -0.1) is 0 Å². The van der Waals surface area contributed by atoms with Crippen LogP contribution in [0.15, 0.2) is 61.1 Å². The molecule has 3 heterocycles. The minimum Gasteiger partial charge on any atom is -0.472 e. The molecule has 1 aliphatic heterocycles. The Hall–Kier alpha value is -3.99. The molecule has 8 heteroatoms. The van der Waals surface area contributed by atoms with Gasteiger partial charge in [0, 0.05) is 30.8 Å². The van der Waals surface area contributed by atoms with Crippen LogP contribution in [0, 0.1) is 11.3 Å². The first-order valence-electron chi connectivity index (χ1n) is 9.17. The molecule has 1 atom stereocenters. The van der Waals surface area contributed by atoms with Crippen molar-refractivity contribution in [2.45, 2.75) is 12.5 Å². The van der Waals surface area contributed by atoms with E-state index in [4.69, 9.17) is 10.00 Å². The average Bonchev–Trinajstić information content (AvgIpc) is 3.24. The van der Waals surface area contributed by atoms with E-state index in [2.05, 4.69) is 20.3 Å². The van der Waals surface area contributed by atoms with Crippen LogP contribution in [0.25, 0.3) is 11.4 Å². The lowest BCUT2D eigenvalue weighted by Gasteiger charge is -2.17. The molecule has 2 amide bonds. The van der Waals surface area contributed by atoms with Crippen LogP contribution < -0.4 is 10.1 Å². The molecule has 1 fully saturated rings. The van der Waals surface area contributed by atoms with Crippen molar-refractivity contribution in [3.63, 3.8) is 0 Å². The van der Waals surface area contributed by atoms with Gasteiger partial charge in [0.2, 0.25) is 5.88 Å². The maximum absolute atomic E-state index is 12.5. The fourth-order valence-electron chi connectivity index (χ4n) is 3.03. The molecule has 144 valence electrons. The van der Waals surface area contributed by atoms with Gasteiger partial charge in [0.05, 0.1) is 30.2 Å². The highest BCUT2D eigenvalue weighted by atomic mass is 16.5. The molecule has 8 nitrogen and oxygen atoms in total. The van der Waals surface area contributed by atoms with Gasteiger partial charge in [-0.25, -0.2) is 19.7 Å². The Morgan fingerprint density at radius 1 is 1.10 bits per heavy atom. The number of nitrogens with zero attached hydrogens (tertiary/aromatic N) is 5. The minimum atomic E-state index is -0.222. The van der Waals surface area contributed by atoms with E-state index in [1.807, 2.05) is 36.4 Å². The number of hydrogen-bond donors (Lipinski definition) is 1. The first kappa shape index (κ1) is 18.4. The first-order chi connectivity index (χ1) is 14.2. The Kier molecular flexibility index (Phi) is 5.29. The summed E-state index contributed by atoms with van der Waals surface area (Å²) in [6.07, 6.45) is 5.22. The maximum atomic E-state index is 12.5. The summed E-state index contributed by atoms with van der Waals surface area (Å²) in [7, 11) is 0. The second-order valence-electron chi connectivity index (χ2n) is 6.56. The third-order valence-corrected chi connectivity index (χ3v) is 4.52. The van der Waals surface area contributed by atoms with E-state index in [1.165, 1.54) is 6.20 Å². The van der Waals surface area contributed by atoms with Gasteiger partial charge in [-0.2, -0.15) is 5.26 Å². The smallest absolute Gasteiger partial charge is 0.322 e. The van der Waals surface area contributed by atoms with Crippen molar-refractivity contribution >= 4 is 11.7 Å². The third-order valence-electron chi connectivity index (χ3n) is 4.52. The van der Waals surface area contributed by atoms with E-state index in [9.17, 15) is 4.79 Å². The quantitative estimate of drug-likeness (QED) is 0.739. The lowest BCUT2D eigenvalue weighted by molar-refractivity contribution is 0.190. The average molecular weight is 386 g/mol. The lowest BCUT2D eigenvalue weighted by Crippen LogP contribution is -2.34. The van der Waals surface area contributed by atoms with Gasteiger partial charge in [-0.1, -0.05) is 30.3 Å². The van der Waals surface area contributed by atoms with Crippen molar-refractivity contribution in [1.82, 2.24) is 19.9 Å². The van der Waals surface area contributed by atoms with Crippen LogP contribution in [0.3, 0.4) is 0 Å². The molecule has 0 aliphatic carbocycles. The standard InChI is InChI=1S/C21H18N6O2/c22-10-15-6-7-19(23-11-15)29-18-8-9-27(14-18)21(28)26-17-12-24-20(25-13-17)16-4-2-1-3-5-16/h1-7,11-13,18H,8-9,14H2,(H,26,28). The Morgan fingerprint density at radius 2 is 1.90 bits per heavy atom. The molecule has 1 unspecified atom stereocenters. The number of urea groups is 1. The third kappa shape index (κ3) is 4.47. The molecule has 2 aromatic heterocycles. The van der Waals surface area contributed by atoms with Gasteiger partial charge in [-0.3, -0.25) is 0 Å². The van der Waals surface area contributed by atoms with Crippen LogP contribution in [-0.4, -0.2) is 45.1 Å². The Labute approximate surface area is 167 Å². The van der Waals surface area contributed by atoms with Crippen molar-refractivity contribution in [2.24, 2.45) is 0 Å². The summed E-state index contributed by atoms with van der Waals surface area (Å²) in [6, 6.07) is 14.8. The van der Waals surface area contributed by atoms with Gasteiger partial charge in [0.1, 0.15) is 12.2 Å². The summed E-state index contributed by atoms with van der Waals surface area (Å²) in [4.78, 5) is 26.9. The van der Waals surface area contributed by atoms with Crippen LogP contribution in [0.2, 0.25) is 0 Å². The van der Waals surface area contributed by atoms with E-state index in [0.717, 1.165) is 5.56 Å². The zero-order valence-electron chi connectivity index (χ0n) is 15.5. The SMILES string of the molecule is N#Cc1ccc(OC2CCN(C(=O)Nc3cnc(-c4ccccc4)nc3)C2)nc1. The molecule has 3 aromatic rings. The maximum Gasteiger partial charge on any atom is 0.322 e. The summed E-state index contributed by atoms with van der Waals surface area (Å²) >= 11 is 0. The summed E-state index contributed by atoms with van der Waals surface area (Å²) in [6.45, 7) is 1.03. The number of nitrogens with one attached hydrogen (secondary N) is 1. The van der Waals surface area contributed by atoms with Crippen molar-refractivity contribution in [3.8, 4) is 23.3 Å². The molecular formula is C21H18N6O2. The second-order valence-corrected chi connectivity index (χ2v) is 6.56. The lowest BCUT2D eigenvalue weighted by atomic mass is 10.2. The van der Waals surface area contributed by atoms with Crippen LogP contribution >= 0.6 is 0 Å². The van der Waals surface area contributed by atoms with Crippen LogP contribution in [0.1, 0.15) is 12.0 Å². The monoisotopic (exact) mass is 386 g/mol. The number of ether oxygens (including phenoxy) is 1. The summed E-state index contributed by atoms with van der Waals surface area (Å²) in [5, 5.41) is 11.6. The number of likely N-dealkylation sites (tertiary alicyclic amines) is 1. The largest absolute Gasteiger partial charge is 0.472 e. The highest BCUT2D eigenvalue weighted by Crippen LogP contribution is 2.19. The molecule has 0 spiro atoms. The number of carbonyl (C=O) groups is 1. The number of nitriles is 1. The zero-order valence-corrected chi connectivity index (χ0v) is 15.5. The van der Waals surface area contributed by atoms with Gasteiger partial charge >= 0.3 is 6.03 Å². The number of pyridine rings is 1. The van der Waals surface area contributed by atoms with E-state index >= 15 is 0 Å². The number of anilines is 1. The Bertz CT molecular complexity index is 1020. The molecule has 1 N–H and O–H groups in total. The fraction of sp³-hybridized carbons (Fsp3) is 0.190. The Morgan fingerprint density at radius 3 is 2.59 bits per heavy atom. The minimum absolute atomic E-state index is 0.141.